The van der Waals surface area contributed by atoms with Gasteiger partial charge in [-0.25, -0.2) is 4.39 Å². The molecule has 0 saturated carbocycles. The Labute approximate surface area is 93.6 Å². The van der Waals surface area contributed by atoms with Crippen LogP contribution in [0.25, 0.3) is 0 Å². The number of nitrogen functional groups attached to an aromatic ring is 1. The summed E-state index contributed by atoms with van der Waals surface area (Å²) in [4.78, 5) is 0.620. The molecule has 4 heteroatoms. The van der Waals surface area contributed by atoms with Crippen molar-refractivity contribution in [2.24, 2.45) is 5.73 Å². The van der Waals surface area contributed by atoms with Gasteiger partial charge in [0, 0.05) is 15.7 Å². The zero-order valence-electron chi connectivity index (χ0n) is 8.88. The Morgan fingerprint density at radius 3 is 2.73 bits per heavy atom. The molecule has 0 fully saturated rings. The molecule has 0 heterocycles. The maximum Gasteiger partial charge on any atom is 0.137 e. The molecule has 82 valence electrons. The van der Waals surface area contributed by atoms with Crippen molar-refractivity contribution < 1.29 is 4.39 Å². The number of nitrogens with one attached hydrogen (secondary N) is 1. The van der Waals surface area contributed by atoms with Crippen LogP contribution in [-0.2, 0) is 0 Å². The third-order valence-electron chi connectivity index (χ3n) is 2.15. The largest absolute Gasteiger partial charge is 0.384 e. The maximum atomic E-state index is 13.5. The van der Waals surface area contributed by atoms with Gasteiger partial charge >= 0.3 is 0 Å². The van der Waals surface area contributed by atoms with Crippen LogP contribution in [-0.4, -0.2) is 11.1 Å². The normalized spacial score (nSPS) is 12.5. The van der Waals surface area contributed by atoms with E-state index in [0.29, 0.717) is 15.7 Å². The summed E-state index contributed by atoms with van der Waals surface area (Å²) in [5, 5.41) is 7.58. The van der Waals surface area contributed by atoms with E-state index in [-0.39, 0.29) is 11.7 Å². The molecule has 0 radical (unpaired) electrons. The quantitative estimate of drug-likeness (QED) is 0.471. The van der Waals surface area contributed by atoms with Gasteiger partial charge in [-0.15, -0.1) is 11.8 Å². The fraction of sp³-hybridized carbons (Fsp3) is 0.364. The topological polar surface area (TPSA) is 49.9 Å². The van der Waals surface area contributed by atoms with Crippen LogP contribution in [0.3, 0.4) is 0 Å². The van der Waals surface area contributed by atoms with Gasteiger partial charge < -0.3 is 5.73 Å². The molecule has 0 aromatic heterocycles. The number of thioether (sulfide) groups is 1. The number of rotatable bonds is 4. The van der Waals surface area contributed by atoms with Crippen LogP contribution >= 0.6 is 11.8 Å². The van der Waals surface area contributed by atoms with Crippen LogP contribution in [0.4, 0.5) is 4.39 Å². The summed E-state index contributed by atoms with van der Waals surface area (Å²) in [5.41, 5.74) is 5.70. The van der Waals surface area contributed by atoms with Gasteiger partial charge in [0.15, 0.2) is 0 Å². The Morgan fingerprint density at radius 1 is 1.60 bits per heavy atom. The van der Waals surface area contributed by atoms with Crippen molar-refractivity contribution >= 4 is 17.6 Å². The van der Waals surface area contributed by atoms with E-state index in [4.69, 9.17) is 11.1 Å². The number of halogens is 1. The fourth-order valence-electron chi connectivity index (χ4n) is 1.06. The van der Waals surface area contributed by atoms with Crippen LogP contribution in [0.2, 0.25) is 0 Å². The smallest absolute Gasteiger partial charge is 0.137 e. The number of hydrogen-bond acceptors (Lipinski definition) is 2. The van der Waals surface area contributed by atoms with Gasteiger partial charge in [-0.1, -0.05) is 13.8 Å². The lowest BCUT2D eigenvalue weighted by atomic mass is 10.2. The summed E-state index contributed by atoms with van der Waals surface area (Å²) in [7, 11) is 0. The van der Waals surface area contributed by atoms with E-state index in [2.05, 4.69) is 13.8 Å². The monoisotopic (exact) mass is 226 g/mol. The van der Waals surface area contributed by atoms with Crippen LogP contribution in [0.15, 0.2) is 23.1 Å². The number of amidine groups is 1. The molecule has 1 unspecified atom stereocenters. The van der Waals surface area contributed by atoms with E-state index < -0.39 is 0 Å². The highest BCUT2D eigenvalue weighted by atomic mass is 32.2. The molecule has 0 aliphatic rings. The molecule has 1 aromatic carbocycles. The Morgan fingerprint density at radius 2 is 2.27 bits per heavy atom. The second kappa shape index (κ2) is 5.16. The van der Waals surface area contributed by atoms with Crippen molar-refractivity contribution in [1.82, 2.24) is 0 Å². The molecule has 0 saturated heterocycles. The third kappa shape index (κ3) is 3.23. The van der Waals surface area contributed by atoms with Gasteiger partial charge in [-0.2, -0.15) is 0 Å². The molecule has 0 aliphatic carbocycles. The van der Waals surface area contributed by atoms with E-state index >= 15 is 0 Å². The van der Waals surface area contributed by atoms with Gasteiger partial charge in [-0.05, 0) is 24.6 Å². The zero-order chi connectivity index (χ0) is 11.4. The zero-order valence-corrected chi connectivity index (χ0v) is 9.70. The number of nitrogens with two attached hydrogens (primary N) is 1. The van der Waals surface area contributed by atoms with E-state index in [1.807, 2.05) is 0 Å². The summed E-state index contributed by atoms with van der Waals surface area (Å²) in [6.07, 6.45) is 0.999. The van der Waals surface area contributed by atoms with Gasteiger partial charge in [0.2, 0.25) is 0 Å². The number of benzene rings is 1. The molecule has 1 rings (SSSR count). The van der Waals surface area contributed by atoms with Crippen molar-refractivity contribution in [3.8, 4) is 0 Å². The summed E-state index contributed by atoms with van der Waals surface area (Å²) >= 11 is 1.50. The molecule has 1 atom stereocenters. The van der Waals surface area contributed by atoms with Crippen molar-refractivity contribution in [1.29, 1.82) is 5.41 Å². The Kier molecular flexibility index (Phi) is 4.15. The van der Waals surface area contributed by atoms with Gasteiger partial charge in [0.05, 0.1) is 0 Å². The van der Waals surface area contributed by atoms with E-state index in [1.54, 1.807) is 12.1 Å². The van der Waals surface area contributed by atoms with Crippen molar-refractivity contribution in [2.75, 3.05) is 0 Å². The molecular weight excluding hydrogens is 211 g/mol. The minimum absolute atomic E-state index is 0.103. The van der Waals surface area contributed by atoms with Crippen molar-refractivity contribution in [3.63, 3.8) is 0 Å². The van der Waals surface area contributed by atoms with Crippen LogP contribution in [0.1, 0.15) is 25.8 Å². The van der Waals surface area contributed by atoms with Gasteiger partial charge in [-0.3, -0.25) is 5.41 Å². The highest BCUT2D eigenvalue weighted by molar-refractivity contribution is 7.99. The second-order valence-electron chi connectivity index (χ2n) is 3.40. The third-order valence-corrected chi connectivity index (χ3v) is 3.47. The second-order valence-corrected chi connectivity index (χ2v) is 4.88. The first-order valence-electron chi connectivity index (χ1n) is 4.85. The highest BCUT2D eigenvalue weighted by Gasteiger charge is 2.08. The standard InChI is InChI=1S/C11H15FN2S/c1-3-7(2)15-10-5-4-8(11(13)14)6-9(10)12/h4-7H,3H2,1-2H3,(H3,13,14). The molecule has 1 aromatic rings. The van der Waals surface area contributed by atoms with Crippen LogP contribution in [0, 0.1) is 11.2 Å². The Hall–Kier alpha value is -1.03. The highest BCUT2D eigenvalue weighted by Crippen LogP contribution is 2.27. The van der Waals surface area contributed by atoms with Gasteiger partial charge in [0.1, 0.15) is 11.7 Å². The summed E-state index contributed by atoms with van der Waals surface area (Å²) < 4.78 is 13.5. The molecule has 2 nitrogen and oxygen atoms in total. The Bertz CT molecular complexity index is 366. The van der Waals surface area contributed by atoms with Gasteiger partial charge in [0.25, 0.3) is 0 Å². The van der Waals surface area contributed by atoms with Crippen LogP contribution < -0.4 is 5.73 Å². The van der Waals surface area contributed by atoms with Crippen molar-refractivity contribution in [2.45, 2.75) is 30.4 Å². The average molecular weight is 226 g/mol. The predicted molar refractivity (Wildman–Crippen MR) is 63.0 cm³/mol. The first kappa shape index (κ1) is 12.0. The molecule has 3 N–H and O–H groups in total. The minimum atomic E-state index is -0.298. The van der Waals surface area contributed by atoms with Crippen LogP contribution in [0.5, 0.6) is 0 Å². The minimum Gasteiger partial charge on any atom is -0.384 e. The first-order valence-corrected chi connectivity index (χ1v) is 5.73. The lowest BCUT2D eigenvalue weighted by Gasteiger charge is -2.09. The van der Waals surface area contributed by atoms with E-state index in [1.165, 1.54) is 17.8 Å². The van der Waals surface area contributed by atoms with E-state index in [0.717, 1.165) is 6.42 Å². The SMILES string of the molecule is CCC(C)Sc1ccc(C(=N)N)cc1F. The number of hydrogen-bond donors (Lipinski definition) is 2. The maximum absolute atomic E-state index is 13.5. The molecule has 0 amide bonds. The summed E-state index contributed by atoms with van der Waals surface area (Å²) in [5.74, 6) is -0.401. The lowest BCUT2D eigenvalue weighted by Crippen LogP contribution is -2.11. The molecule has 0 bridgehead atoms. The summed E-state index contributed by atoms with van der Waals surface area (Å²) in [6.45, 7) is 4.13. The fourth-order valence-corrected chi connectivity index (χ4v) is 1.98. The summed E-state index contributed by atoms with van der Waals surface area (Å²) in [6, 6.07) is 4.67. The first-order chi connectivity index (χ1) is 7.04. The molecular formula is C11H15FN2S. The molecule has 0 aliphatic heterocycles. The van der Waals surface area contributed by atoms with Crippen molar-refractivity contribution in [3.05, 3.63) is 29.6 Å². The Balaban J connectivity index is 2.88. The van der Waals surface area contributed by atoms with E-state index in [9.17, 15) is 4.39 Å². The average Bonchev–Trinajstić information content (AvgIpc) is 2.20. The predicted octanol–water partition coefficient (Wildman–Crippen LogP) is 3.00. The lowest BCUT2D eigenvalue weighted by molar-refractivity contribution is 0.601. The molecule has 0 spiro atoms. The molecule has 15 heavy (non-hydrogen) atoms.